The molecule has 6 heterocycles. The van der Waals surface area contributed by atoms with Crippen molar-refractivity contribution in [1.29, 1.82) is 0 Å². The summed E-state index contributed by atoms with van der Waals surface area (Å²) in [5, 5.41) is 3.23. The molecule has 4 aromatic heterocycles. The van der Waals surface area contributed by atoms with E-state index in [4.69, 9.17) is 32.0 Å². The first-order chi connectivity index (χ1) is 19.4. The minimum absolute atomic E-state index is 0.158. The number of halogens is 4. The van der Waals surface area contributed by atoms with Crippen LogP contribution < -0.4 is 15.1 Å². The van der Waals surface area contributed by atoms with Gasteiger partial charge in [0.05, 0.1) is 19.1 Å². The molecule has 0 aromatic carbocycles. The van der Waals surface area contributed by atoms with Gasteiger partial charge in [-0.3, -0.25) is 0 Å². The maximum Gasteiger partial charge on any atom is 0.250 e. The average Bonchev–Trinajstić information content (AvgIpc) is 3.62. The van der Waals surface area contributed by atoms with Crippen molar-refractivity contribution in [3.8, 4) is 0 Å². The number of aromatic nitrogens is 4. The van der Waals surface area contributed by atoms with E-state index in [1.807, 2.05) is 0 Å². The summed E-state index contributed by atoms with van der Waals surface area (Å²) < 4.78 is 35.1. The summed E-state index contributed by atoms with van der Waals surface area (Å²) in [4.78, 5) is 31.7. The number of hydrogen-bond acceptors (Lipinski definition) is 10. The van der Waals surface area contributed by atoms with Crippen molar-refractivity contribution in [3.05, 3.63) is 35.2 Å². The van der Waals surface area contributed by atoms with Crippen LogP contribution in [0.25, 0.3) is 22.2 Å². The van der Waals surface area contributed by atoms with E-state index in [1.165, 1.54) is 0 Å². The third-order valence-electron chi connectivity index (χ3n) is 7.19. The van der Waals surface area contributed by atoms with Gasteiger partial charge in [-0.2, -0.15) is 9.97 Å². The number of carbonyl (C=O) groups is 1. The molecule has 10 nitrogen and oxygen atoms in total. The third-order valence-corrected chi connectivity index (χ3v) is 7.53. The highest BCUT2D eigenvalue weighted by Gasteiger charge is 2.24. The topological polar surface area (TPSA) is 113 Å². The summed E-state index contributed by atoms with van der Waals surface area (Å²) in [5.74, 6) is 1.99. The fraction of sp³-hybridized carbons (Fsp3) is 0.500. The second kappa shape index (κ2) is 13.0. The summed E-state index contributed by atoms with van der Waals surface area (Å²) in [6.45, 7) is 3.54. The van der Waals surface area contributed by atoms with Gasteiger partial charge in [0.2, 0.25) is 10.6 Å². The lowest BCUT2D eigenvalue weighted by molar-refractivity contribution is -0.111. The summed E-state index contributed by atoms with van der Waals surface area (Å²) >= 11 is 11.9. The highest BCUT2D eigenvalue weighted by Crippen LogP contribution is 2.30. The lowest BCUT2D eigenvalue weighted by Gasteiger charge is -2.32. The summed E-state index contributed by atoms with van der Waals surface area (Å²) in [5.41, 5.74) is 2.70. The molecule has 40 heavy (non-hydrogen) atoms. The Morgan fingerprint density at radius 1 is 0.875 bits per heavy atom. The number of hydrogen-bond donors (Lipinski definition) is 1. The summed E-state index contributed by atoms with van der Waals surface area (Å²) in [6, 6.07) is 3.53. The van der Waals surface area contributed by atoms with Gasteiger partial charge in [-0.25, -0.2) is 18.7 Å². The van der Waals surface area contributed by atoms with Gasteiger partial charge in [0.15, 0.2) is 22.8 Å². The number of nitrogens with one attached hydrogen (secondary N) is 1. The molecule has 2 aliphatic heterocycles. The zero-order valence-corrected chi connectivity index (χ0v) is 23.1. The molecule has 4 aromatic rings. The highest BCUT2D eigenvalue weighted by molar-refractivity contribution is 6.29. The van der Waals surface area contributed by atoms with Crippen molar-refractivity contribution >= 4 is 63.3 Å². The van der Waals surface area contributed by atoms with Crippen LogP contribution in [0.15, 0.2) is 33.5 Å². The van der Waals surface area contributed by atoms with Gasteiger partial charge < -0.3 is 28.7 Å². The fourth-order valence-electron chi connectivity index (χ4n) is 5.06. The third kappa shape index (κ3) is 6.79. The Balaban J connectivity index is 0.000000164. The van der Waals surface area contributed by atoms with Gasteiger partial charge in [0.1, 0.15) is 17.3 Å². The quantitative estimate of drug-likeness (QED) is 0.225. The lowest BCUT2D eigenvalue weighted by atomic mass is 9.97. The van der Waals surface area contributed by atoms with E-state index < -0.39 is 6.43 Å². The number of alkyl halides is 2. The molecule has 0 radical (unpaired) electrons. The van der Waals surface area contributed by atoms with Crippen LogP contribution in [0.3, 0.4) is 0 Å². The predicted octanol–water partition coefficient (Wildman–Crippen LogP) is 5.24. The Morgan fingerprint density at radius 3 is 1.85 bits per heavy atom. The molecule has 0 bridgehead atoms. The van der Waals surface area contributed by atoms with Gasteiger partial charge in [0.25, 0.3) is 6.43 Å². The van der Waals surface area contributed by atoms with E-state index in [9.17, 15) is 13.6 Å². The van der Waals surface area contributed by atoms with E-state index in [0.29, 0.717) is 40.5 Å². The highest BCUT2D eigenvalue weighted by atomic mass is 35.5. The van der Waals surface area contributed by atoms with Crippen molar-refractivity contribution in [2.45, 2.75) is 32.1 Å². The van der Waals surface area contributed by atoms with Crippen LogP contribution in [0.5, 0.6) is 0 Å². The first-order valence-corrected chi connectivity index (χ1v) is 13.9. The van der Waals surface area contributed by atoms with E-state index in [2.05, 4.69) is 35.1 Å². The average molecular weight is 596 g/mol. The molecule has 0 saturated carbocycles. The molecule has 14 heteroatoms. The van der Waals surface area contributed by atoms with Gasteiger partial charge in [-0.05, 0) is 61.3 Å². The first kappa shape index (κ1) is 28.4. The van der Waals surface area contributed by atoms with E-state index in [0.717, 1.165) is 64.0 Å². The molecular formula is C26H29Cl2F2N7O3. The normalized spacial score (nSPS) is 17.0. The summed E-state index contributed by atoms with van der Waals surface area (Å²) in [6.07, 6.45) is 5.40. The standard InChI is InChI=1S/C14H17ClF2N4O.C12H12ClN3O2/c15-14-19-10-3-6-22-12(10)13(20-14)21-4-1-9(2-5-21)7-18-8-11(16)17;13-12-14-9-3-6-18-10(9)11(15-12)16-4-1-8(7-17)2-5-16/h3,6,9,11,18H,1-2,4-5,7-8H2;3,6-8H,1-2,4-5H2. The van der Waals surface area contributed by atoms with Gasteiger partial charge in [0, 0.05) is 44.2 Å². The Kier molecular flexibility index (Phi) is 9.28. The number of nitrogens with zero attached hydrogens (tertiary/aromatic N) is 6. The first-order valence-electron chi connectivity index (χ1n) is 13.2. The second-order valence-corrected chi connectivity index (χ2v) is 10.5. The minimum Gasteiger partial charge on any atom is -0.459 e. The fourth-order valence-corrected chi connectivity index (χ4v) is 5.40. The molecule has 214 valence electrons. The van der Waals surface area contributed by atoms with Crippen LogP contribution >= 0.6 is 23.2 Å². The Hall–Kier alpha value is -3.09. The van der Waals surface area contributed by atoms with Crippen molar-refractivity contribution in [2.24, 2.45) is 11.8 Å². The van der Waals surface area contributed by atoms with E-state index in [-0.39, 0.29) is 23.0 Å². The smallest absolute Gasteiger partial charge is 0.250 e. The van der Waals surface area contributed by atoms with E-state index >= 15 is 0 Å². The number of furan rings is 2. The molecule has 0 spiro atoms. The maximum absolute atomic E-state index is 12.1. The molecule has 0 atom stereocenters. The van der Waals surface area contributed by atoms with Crippen LogP contribution in [0, 0.1) is 11.8 Å². The zero-order valence-electron chi connectivity index (χ0n) is 21.6. The Bertz CT molecular complexity index is 1420. The molecule has 6 rings (SSSR count). The van der Waals surface area contributed by atoms with Crippen LogP contribution in [0.1, 0.15) is 25.7 Å². The SMILES string of the molecule is FC(F)CNCC1CCN(c2nc(Cl)nc3ccoc23)CC1.O=CC1CCN(c2nc(Cl)nc3ccoc23)CC1. The van der Waals surface area contributed by atoms with Gasteiger partial charge in [-0.15, -0.1) is 0 Å². The van der Waals surface area contributed by atoms with Crippen LogP contribution in [0.2, 0.25) is 10.6 Å². The van der Waals surface area contributed by atoms with E-state index in [1.54, 1.807) is 24.7 Å². The summed E-state index contributed by atoms with van der Waals surface area (Å²) in [7, 11) is 0. The minimum atomic E-state index is -2.30. The Labute approximate surface area is 239 Å². The van der Waals surface area contributed by atoms with Crippen molar-refractivity contribution in [1.82, 2.24) is 25.3 Å². The molecule has 1 N–H and O–H groups in total. The number of piperidine rings is 2. The van der Waals surface area contributed by atoms with Gasteiger partial charge >= 0.3 is 0 Å². The Morgan fingerprint density at radius 2 is 1.38 bits per heavy atom. The molecule has 2 fully saturated rings. The van der Waals surface area contributed by atoms with Crippen molar-refractivity contribution in [2.75, 3.05) is 49.1 Å². The monoisotopic (exact) mass is 595 g/mol. The second-order valence-electron chi connectivity index (χ2n) is 9.84. The lowest BCUT2D eigenvalue weighted by Crippen LogP contribution is -2.38. The van der Waals surface area contributed by atoms with Crippen LogP contribution in [-0.4, -0.2) is 71.9 Å². The number of fused-ring (bicyclic) bond motifs is 2. The molecule has 0 amide bonds. The van der Waals surface area contributed by atoms with Gasteiger partial charge in [-0.1, -0.05) is 0 Å². The molecule has 2 saturated heterocycles. The maximum atomic E-state index is 12.1. The molecule has 2 aliphatic rings. The van der Waals surface area contributed by atoms with Crippen molar-refractivity contribution < 1.29 is 22.4 Å². The molecule has 0 aliphatic carbocycles. The van der Waals surface area contributed by atoms with Crippen molar-refractivity contribution in [3.63, 3.8) is 0 Å². The zero-order chi connectivity index (χ0) is 28.1. The molecule has 0 unspecified atom stereocenters. The predicted molar refractivity (Wildman–Crippen MR) is 148 cm³/mol. The number of carbonyl (C=O) groups excluding carboxylic acids is 1. The number of rotatable bonds is 7. The number of anilines is 2. The van der Waals surface area contributed by atoms with Crippen LogP contribution in [0.4, 0.5) is 20.4 Å². The number of aldehydes is 1. The molecular weight excluding hydrogens is 567 g/mol. The van der Waals surface area contributed by atoms with Crippen LogP contribution in [-0.2, 0) is 4.79 Å². The largest absolute Gasteiger partial charge is 0.459 e.